The first-order valence-corrected chi connectivity index (χ1v) is 3.12. The van der Waals surface area contributed by atoms with Crippen LogP contribution in [0.3, 0.4) is 0 Å². The number of hydrogen-bond acceptors (Lipinski definition) is 4. The van der Waals surface area contributed by atoms with Crippen molar-refractivity contribution < 1.29 is 19.7 Å². The molecule has 4 N–H and O–H groups in total. The Morgan fingerprint density at radius 1 is 1.27 bits per heavy atom. The van der Waals surface area contributed by atoms with Crippen LogP contribution in [0.1, 0.15) is 0 Å². The molecule has 0 unspecified atom stereocenters. The van der Waals surface area contributed by atoms with E-state index in [4.69, 9.17) is 10.2 Å². The van der Waals surface area contributed by atoms with E-state index in [1.54, 1.807) is 0 Å². The lowest BCUT2D eigenvalue weighted by Gasteiger charge is -1.98. The Kier molecular flexibility index (Phi) is 6.70. The highest BCUT2D eigenvalue weighted by atomic mass is 16.6. The van der Waals surface area contributed by atoms with E-state index < -0.39 is 19.5 Å². The number of urea groups is 1. The van der Waals surface area contributed by atoms with Crippen molar-refractivity contribution in [1.82, 2.24) is 10.6 Å². The third kappa shape index (κ3) is 12.4. The summed E-state index contributed by atoms with van der Waals surface area (Å²) in [5, 5.41) is 20.0. The van der Waals surface area contributed by atoms with E-state index in [-0.39, 0.29) is 0 Å². The van der Waals surface area contributed by atoms with Crippen LogP contribution in [0.5, 0.6) is 0 Å². The van der Waals surface area contributed by atoms with Gasteiger partial charge in [-0.25, -0.2) is 4.79 Å². The lowest BCUT2D eigenvalue weighted by atomic mass is 10.9. The maximum Gasteiger partial charge on any atom is 0.318 e. The molecule has 0 aromatic carbocycles. The summed E-state index contributed by atoms with van der Waals surface area (Å²) in [5.74, 6) is 0. The lowest BCUT2D eigenvalue weighted by molar-refractivity contribution is 0.201. The monoisotopic (exact) mass is 164 g/mol. The fourth-order valence-corrected chi connectivity index (χ4v) is 0.206. The fourth-order valence-electron chi connectivity index (χ4n) is 0.206. The van der Waals surface area contributed by atoms with E-state index in [1.807, 2.05) is 10.6 Å². The van der Waals surface area contributed by atoms with E-state index in [1.165, 1.54) is 0 Å². The number of rotatable bonds is 2. The summed E-state index contributed by atoms with van der Waals surface area (Å²) in [5.41, 5.74) is 0. The van der Waals surface area contributed by atoms with Gasteiger partial charge in [-0.15, -0.1) is 0 Å². The molecule has 1 fully saturated rings. The minimum absolute atomic E-state index is 0.425. The van der Waals surface area contributed by atoms with Gasteiger partial charge >= 0.3 is 6.03 Å². The molecule has 0 aromatic heterocycles. The number of epoxide rings is 1. The molecular weight excluding hydrogens is 152 g/mol. The van der Waals surface area contributed by atoms with Crippen LogP contribution >= 0.6 is 0 Å². The van der Waals surface area contributed by atoms with Crippen LogP contribution in [0.25, 0.3) is 0 Å². The number of ether oxygens (including phenoxy) is 1. The Labute approximate surface area is 64.2 Å². The third-order valence-electron chi connectivity index (χ3n) is 0.683. The quantitative estimate of drug-likeness (QED) is 0.286. The zero-order valence-corrected chi connectivity index (χ0v) is 6.04. The number of aliphatic hydroxyl groups excluding tert-OH is 2. The molecule has 1 aliphatic heterocycles. The smallest absolute Gasteiger partial charge is 0.318 e. The fraction of sp³-hybridized carbons (Fsp3) is 0.800. The normalized spacial score (nSPS) is 12.5. The van der Waals surface area contributed by atoms with Crippen LogP contribution in [0.2, 0.25) is 0 Å². The summed E-state index contributed by atoms with van der Waals surface area (Å²) in [4.78, 5) is 10.1. The van der Waals surface area contributed by atoms with Gasteiger partial charge in [-0.2, -0.15) is 0 Å². The molecule has 1 aliphatic rings. The molecule has 11 heavy (non-hydrogen) atoms. The number of nitrogens with one attached hydrogen (secondary N) is 2. The van der Waals surface area contributed by atoms with Crippen molar-refractivity contribution in [3.8, 4) is 0 Å². The maximum atomic E-state index is 10.1. The van der Waals surface area contributed by atoms with Crippen LogP contribution < -0.4 is 10.6 Å². The van der Waals surface area contributed by atoms with Gasteiger partial charge < -0.3 is 25.6 Å². The van der Waals surface area contributed by atoms with Crippen molar-refractivity contribution in [2.45, 2.75) is 0 Å². The molecule has 0 aliphatic carbocycles. The van der Waals surface area contributed by atoms with Gasteiger partial charge in [0.05, 0.1) is 13.2 Å². The van der Waals surface area contributed by atoms with Crippen LogP contribution in [0, 0.1) is 0 Å². The Morgan fingerprint density at radius 3 is 1.82 bits per heavy atom. The molecule has 6 heteroatoms. The molecule has 0 radical (unpaired) electrons. The van der Waals surface area contributed by atoms with Gasteiger partial charge in [0.15, 0.2) is 0 Å². The highest BCUT2D eigenvalue weighted by Crippen LogP contribution is 1.84. The van der Waals surface area contributed by atoms with Crippen molar-refractivity contribution in [3.05, 3.63) is 0 Å². The highest BCUT2D eigenvalue weighted by Gasteiger charge is 1.94. The molecule has 0 atom stereocenters. The van der Waals surface area contributed by atoms with E-state index in [0.717, 1.165) is 13.2 Å². The first-order chi connectivity index (χ1) is 5.31. The summed E-state index contributed by atoms with van der Waals surface area (Å²) in [6.07, 6.45) is 0. The van der Waals surface area contributed by atoms with Crippen molar-refractivity contribution in [1.29, 1.82) is 0 Å². The lowest BCUT2D eigenvalue weighted by Crippen LogP contribution is -2.36. The minimum atomic E-state index is -0.588. The Balaban J connectivity index is 0.000000271. The number of amides is 2. The second-order valence-electron chi connectivity index (χ2n) is 1.61. The van der Waals surface area contributed by atoms with Crippen LogP contribution in [-0.2, 0) is 4.74 Å². The van der Waals surface area contributed by atoms with Gasteiger partial charge in [-0.1, -0.05) is 0 Å². The van der Waals surface area contributed by atoms with E-state index >= 15 is 0 Å². The molecule has 66 valence electrons. The Morgan fingerprint density at radius 2 is 1.64 bits per heavy atom. The van der Waals surface area contributed by atoms with Crippen molar-refractivity contribution in [2.75, 3.05) is 26.7 Å². The molecule has 1 saturated heterocycles. The standard InChI is InChI=1S/C3H8N2O3.C2H4O/c6-1-4-3(8)5-2-7;1-2-3-1/h6-7H,1-2H2,(H2,4,5,8);1-2H2. The van der Waals surface area contributed by atoms with Gasteiger partial charge in [-0.05, 0) is 0 Å². The molecule has 1 heterocycles. The molecule has 0 aromatic rings. The average molecular weight is 164 g/mol. The molecule has 1 rings (SSSR count). The minimum Gasteiger partial charge on any atom is -0.377 e. The van der Waals surface area contributed by atoms with E-state index in [0.29, 0.717) is 0 Å². The first kappa shape index (κ1) is 10.2. The molecule has 0 saturated carbocycles. The predicted molar refractivity (Wildman–Crippen MR) is 36.7 cm³/mol. The van der Waals surface area contributed by atoms with Crippen LogP contribution in [0.15, 0.2) is 0 Å². The van der Waals surface area contributed by atoms with Crippen molar-refractivity contribution in [2.24, 2.45) is 0 Å². The number of aliphatic hydroxyl groups is 2. The van der Waals surface area contributed by atoms with Crippen molar-refractivity contribution >= 4 is 6.03 Å². The summed E-state index contributed by atoms with van der Waals surface area (Å²) >= 11 is 0. The van der Waals surface area contributed by atoms with E-state index in [2.05, 4.69) is 4.74 Å². The van der Waals surface area contributed by atoms with Gasteiger partial charge in [0.2, 0.25) is 0 Å². The summed E-state index contributed by atoms with van der Waals surface area (Å²) in [7, 11) is 0. The molecule has 0 bridgehead atoms. The third-order valence-corrected chi connectivity index (χ3v) is 0.683. The van der Waals surface area contributed by atoms with Gasteiger partial charge in [-0.3, -0.25) is 0 Å². The maximum absolute atomic E-state index is 10.1. The SMILES string of the molecule is C1CO1.O=C(NCO)NCO. The zero-order chi connectivity index (χ0) is 8.53. The number of carbonyl (C=O) groups is 1. The van der Waals surface area contributed by atoms with Crippen LogP contribution in [-0.4, -0.2) is 42.9 Å². The van der Waals surface area contributed by atoms with E-state index in [9.17, 15) is 4.79 Å². The first-order valence-electron chi connectivity index (χ1n) is 3.12. The number of hydrogen-bond donors (Lipinski definition) is 4. The predicted octanol–water partition coefficient (Wildman–Crippen LogP) is -1.80. The second-order valence-corrected chi connectivity index (χ2v) is 1.61. The summed E-state index contributed by atoms with van der Waals surface area (Å²) in [6.45, 7) is 1.15. The molecule has 6 nitrogen and oxygen atoms in total. The second kappa shape index (κ2) is 7.26. The molecular formula is C5H12N2O4. The Bertz CT molecular complexity index is 95.9. The Hall–Kier alpha value is -0.850. The average Bonchev–Trinajstić information content (AvgIpc) is 2.72. The molecule has 2 amide bonds. The number of carbonyl (C=O) groups excluding carboxylic acids is 1. The summed E-state index contributed by atoms with van der Waals surface area (Å²) < 4.78 is 4.50. The van der Waals surface area contributed by atoms with Gasteiger partial charge in [0.1, 0.15) is 13.5 Å². The van der Waals surface area contributed by atoms with Crippen LogP contribution in [0.4, 0.5) is 4.79 Å². The van der Waals surface area contributed by atoms with Gasteiger partial charge in [0.25, 0.3) is 0 Å². The zero-order valence-electron chi connectivity index (χ0n) is 6.04. The van der Waals surface area contributed by atoms with Crippen molar-refractivity contribution in [3.63, 3.8) is 0 Å². The molecule has 0 spiro atoms. The topological polar surface area (TPSA) is 94.1 Å². The van der Waals surface area contributed by atoms with Gasteiger partial charge in [0, 0.05) is 0 Å². The highest BCUT2D eigenvalue weighted by molar-refractivity contribution is 5.73. The summed E-state index contributed by atoms with van der Waals surface area (Å²) in [6, 6.07) is -0.588. The largest absolute Gasteiger partial charge is 0.377 e.